The van der Waals surface area contributed by atoms with Gasteiger partial charge in [0, 0.05) is 12.8 Å². The maximum Gasteiger partial charge on any atom is 0.342 e. The highest BCUT2D eigenvalue weighted by atomic mass is 16.6. The lowest BCUT2D eigenvalue weighted by molar-refractivity contribution is -0.0402. The van der Waals surface area contributed by atoms with E-state index in [0.717, 1.165) is 19.3 Å². The molecule has 0 heterocycles. The summed E-state index contributed by atoms with van der Waals surface area (Å²) in [7, 11) is 0. The molecule has 4 unspecified atom stereocenters. The summed E-state index contributed by atoms with van der Waals surface area (Å²) < 4.78 is 11.6. The van der Waals surface area contributed by atoms with Crippen LogP contribution in [0.15, 0.2) is 59.7 Å². The van der Waals surface area contributed by atoms with Gasteiger partial charge in [-0.15, -0.1) is 0 Å². The first-order chi connectivity index (χ1) is 15.0. The Bertz CT molecular complexity index is 988. The van der Waals surface area contributed by atoms with Gasteiger partial charge >= 0.3 is 11.9 Å². The average molecular weight is 420 g/mol. The first-order valence-electron chi connectivity index (χ1n) is 10.7. The number of carbonyl (C=O) groups excluding carboxylic acids is 2. The summed E-state index contributed by atoms with van der Waals surface area (Å²) in [6.07, 6.45) is 3.24. The van der Waals surface area contributed by atoms with Crippen molar-refractivity contribution in [2.75, 3.05) is 0 Å². The van der Waals surface area contributed by atoms with Crippen molar-refractivity contribution in [3.63, 3.8) is 0 Å². The highest BCUT2D eigenvalue weighted by Crippen LogP contribution is 2.54. The topological polar surface area (TPSA) is 93.1 Å². The molecule has 4 atom stereocenters. The van der Waals surface area contributed by atoms with E-state index in [0.29, 0.717) is 24.7 Å². The van der Waals surface area contributed by atoms with E-state index in [9.17, 15) is 19.8 Å². The maximum atomic E-state index is 12.8. The predicted octanol–water partition coefficient (Wildman–Crippen LogP) is 4.37. The molecule has 160 valence electrons. The van der Waals surface area contributed by atoms with Crippen LogP contribution in [0, 0.1) is 11.8 Å². The van der Waals surface area contributed by atoms with Gasteiger partial charge < -0.3 is 19.7 Å². The van der Waals surface area contributed by atoms with E-state index in [1.807, 2.05) is 0 Å². The van der Waals surface area contributed by atoms with Crippen LogP contribution in [0.25, 0.3) is 0 Å². The molecule has 2 N–H and O–H groups in total. The number of phenolic OH excluding ortho intramolecular Hbond substituents is 2. The summed E-state index contributed by atoms with van der Waals surface area (Å²) in [4.78, 5) is 25.5. The van der Waals surface area contributed by atoms with Gasteiger partial charge in [0.15, 0.2) is 0 Å². The van der Waals surface area contributed by atoms with E-state index in [-0.39, 0.29) is 22.6 Å². The Balaban J connectivity index is 1.40. The first-order valence-corrected chi connectivity index (χ1v) is 10.7. The zero-order valence-corrected chi connectivity index (χ0v) is 17.0. The van der Waals surface area contributed by atoms with Crippen molar-refractivity contribution in [2.45, 2.75) is 44.3 Å². The first kappa shape index (κ1) is 19.7. The second-order valence-electron chi connectivity index (χ2n) is 8.59. The summed E-state index contributed by atoms with van der Waals surface area (Å²) in [5, 5.41) is 20.0. The van der Waals surface area contributed by atoms with Gasteiger partial charge in [0.1, 0.15) is 34.8 Å². The summed E-state index contributed by atoms with van der Waals surface area (Å²) >= 11 is 0. The van der Waals surface area contributed by atoms with E-state index in [2.05, 4.69) is 0 Å². The highest BCUT2D eigenvalue weighted by Gasteiger charge is 2.46. The zero-order valence-electron chi connectivity index (χ0n) is 17.0. The molecule has 2 aromatic carbocycles. The monoisotopic (exact) mass is 420 g/mol. The molecule has 3 aliphatic rings. The number of ether oxygens (including phenoxy) is 2. The molecule has 0 spiro atoms. The summed E-state index contributed by atoms with van der Waals surface area (Å²) in [5.74, 6) is -0.517. The summed E-state index contributed by atoms with van der Waals surface area (Å²) in [6.45, 7) is 0. The van der Waals surface area contributed by atoms with E-state index < -0.39 is 24.1 Å². The normalized spacial score (nSPS) is 26.5. The number of hydrogen-bond donors (Lipinski definition) is 2. The van der Waals surface area contributed by atoms with Crippen LogP contribution in [-0.2, 0) is 9.47 Å². The van der Waals surface area contributed by atoms with Gasteiger partial charge in [0.25, 0.3) is 0 Å². The Morgan fingerprint density at radius 2 is 1.13 bits per heavy atom. The van der Waals surface area contributed by atoms with Crippen LogP contribution < -0.4 is 0 Å². The number of benzene rings is 2. The molecule has 2 aromatic rings. The van der Waals surface area contributed by atoms with Gasteiger partial charge in [-0.2, -0.15) is 0 Å². The fourth-order valence-corrected chi connectivity index (χ4v) is 5.36. The molecule has 3 aliphatic carbocycles. The smallest absolute Gasteiger partial charge is 0.342 e. The van der Waals surface area contributed by atoms with Crippen LogP contribution in [0.4, 0.5) is 0 Å². The van der Waals surface area contributed by atoms with Crippen molar-refractivity contribution in [1.29, 1.82) is 0 Å². The molecule has 6 heteroatoms. The van der Waals surface area contributed by atoms with Crippen LogP contribution in [0.5, 0.6) is 11.5 Å². The number of aromatic hydroxyl groups is 2. The predicted molar refractivity (Wildman–Crippen MR) is 112 cm³/mol. The lowest BCUT2D eigenvalue weighted by atomic mass is 9.79. The minimum Gasteiger partial charge on any atom is -0.507 e. The number of hydrogen-bond acceptors (Lipinski definition) is 6. The second-order valence-corrected chi connectivity index (χ2v) is 8.59. The number of phenols is 2. The molecule has 2 bridgehead atoms. The minimum atomic E-state index is -0.640. The molecule has 1 fully saturated rings. The van der Waals surface area contributed by atoms with Crippen molar-refractivity contribution in [1.82, 2.24) is 0 Å². The molecule has 0 amide bonds. The van der Waals surface area contributed by atoms with E-state index in [4.69, 9.17) is 9.47 Å². The van der Waals surface area contributed by atoms with Crippen LogP contribution in [0.2, 0.25) is 0 Å². The standard InChI is InChI=1S/C25H24O6/c26-20-7-3-1-5-16(20)24(28)30-22-12-18-14-9-10-15(11-14)19(18)13-23(22)31-25(29)17-6-2-4-8-21(17)27/h1-8,14-15,22-23,26-27H,9-13H2. The number of esters is 2. The molecular formula is C25H24O6. The lowest BCUT2D eigenvalue weighted by Crippen LogP contribution is -2.39. The maximum absolute atomic E-state index is 12.8. The molecule has 0 saturated heterocycles. The lowest BCUT2D eigenvalue weighted by Gasteiger charge is -2.35. The molecule has 31 heavy (non-hydrogen) atoms. The fourth-order valence-electron chi connectivity index (χ4n) is 5.36. The van der Waals surface area contributed by atoms with Crippen molar-refractivity contribution < 1.29 is 29.3 Å². The van der Waals surface area contributed by atoms with Crippen molar-refractivity contribution in [3.05, 3.63) is 70.8 Å². The quantitative estimate of drug-likeness (QED) is 0.564. The third-order valence-electron chi connectivity index (χ3n) is 6.85. The van der Waals surface area contributed by atoms with Gasteiger partial charge in [-0.3, -0.25) is 0 Å². The van der Waals surface area contributed by atoms with E-state index >= 15 is 0 Å². The second kappa shape index (κ2) is 7.76. The van der Waals surface area contributed by atoms with Gasteiger partial charge in [0.05, 0.1) is 0 Å². The summed E-state index contributed by atoms with van der Waals surface area (Å²) in [5.41, 5.74) is 2.87. The number of carbonyl (C=O) groups is 2. The van der Waals surface area contributed by atoms with Crippen LogP contribution >= 0.6 is 0 Å². The zero-order chi connectivity index (χ0) is 21.5. The molecule has 1 saturated carbocycles. The van der Waals surface area contributed by atoms with Crippen LogP contribution in [0.3, 0.4) is 0 Å². The Labute approximate surface area is 180 Å². The minimum absolute atomic E-state index is 0.0843. The third-order valence-corrected chi connectivity index (χ3v) is 6.85. The highest BCUT2D eigenvalue weighted by molar-refractivity contribution is 5.93. The molecule has 0 aliphatic heterocycles. The Kier molecular flexibility index (Phi) is 4.93. The van der Waals surface area contributed by atoms with E-state index in [1.54, 1.807) is 24.3 Å². The van der Waals surface area contributed by atoms with Gasteiger partial charge in [-0.25, -0.2) is 9.59 Å². The fraction of sp³-hybridized carbons (Fsp3) is 0.360. The van der Waals surface area contributed by atoms with Gasteiger partial charge in [-0.05, 0) is 55.4 Å². The summed E-state index contributed by atoms with van der Waals surface area (Å²) in [6, 6.07) is 12.5. The number of para-hydroxylation sites is 2. The molecular weight excluding hydrogens is 396 g/mol. The van der Waals surface area contributed by atoms with Gasteiger partial charge in [-0.1, -0.05) is 35.4 Å². The number of rotatable bonds is 4. The largest absolute Gasteiger partial charge is 0.507 e. The Morgan fingerprint density at radius 3 is 1.55 bits per heavy atom. The Morgan fingerprint density at radius 1 is 0.710 bits per heavy atom. The molecule has 6 nitrogen and oxygen atoms in total. The number of fused-ring (bicyclic) bond motifs is 4. The van der Waals surface area contributed by atoms with Crippen molar-refractivity contribution in [2.24, 2.45) is 11.8 Å². The van der Waals surface area contributed by atoms with Crippen molar-refractivity contribution >= 4 is 11.9 Å². The van der Waals surface area contributed by atoms with Crippen LogP contribution in [0.1, 0.15) is 52.8 Å². The van der Waals surface area contributed by atoms with E-state index in [1.165, 1.54) is 35.4 Å². The SMILES string of the molecule is O=C(OC1CC2=C(CC1OC(=O)c1ccccc1O)C1CCC2C1)c1ccccc1O. The van der Waals surface area contributed by atoms with Crippen molar-refractivity contribution in [3.8, 4) is 11.5 Å². The molecule has 0 aromatic heterocycles. The molecule has 0 radical (unpaired) electrons. The average Bonchev–Trinajstić information content (AvgIpc) is 3.37. The third kappa shape index (κ3) is 3.56. The molecule has 5 rings (SSSR count). The van der Waals surface area contributed by atoms with Gasteiger partial charge in [0.2, 0.25) is 0 Å². The van der Waals surface area contributed by atoms with Crippen LogP contribution in [-0.4, -0.2) is 34.4 Å². The Hall–Kier alpha value is -3.28.